The van der Waals surface area contributed by atoms with Crippen LogP contribution < -0.4 is 4.90 Å². The summed E-state index contributed by atoms with van der Waals surface area (Å²) in [5.41, 5.74) is 3.46. The summed E-state index contributed by atoms with van der Waals surface area (Å²) in [4.78, 5) is 13.0. The Morgan fingerprint density at radius 3 is 2.25 bits per heavy atom. The van der Waals surface area contributed by atoms with Gasteiger partial charge in [-0.25, -0.2) is 9.18 Å². The fraction of sp³-hybridized carbons (Fsp3) is 0.188. The van der Waals surface area contributed by atoms with Crippen molar-refractivity contribution in [2.45, 2.75) is 13.8 Å². The van der Waals surface area contributed by atoms with Gasteiger partial charge in [0, 0.05) is 12.7 Å². The molecule has 0 aromatic heterocycles. The highest BCUT2D eigenvalue weighted by atomic mass is 19.1. The number of aryl methyl sites for hydroxylation is 2. The van der Waals surface area contributed by atoms with Gasteiger partial charge in [-0.05, 0) is 55.3 Å². The maximum Gasteiger partial charge on any atom is 0.337 e. The van der Waals surface area contributed by atoms with Crippen molar-refractivity contribution in [2.24, 2.45) is 0 Å². The molecule has 2 aromatic carbocycles. The number of rotatable bonds is 3. The van der Waals surface area contributed by atoms with Gasteiger partial charge in [0.25, 0.3) is 0 Å². The summed E-state index contributed by atoms with van der Waals surface area (Å²) in [6, 6.07) is 9.75. The van der Waals surface area contributed by atoms with Crippen LogP contribution in [0.5, 0.6) is 0 Å². The molecule has 1 N–H and O–H groups in total. The Labute approximate surface area is 117 Å². The summed E-state index contributed by atoms with van der Waals surface area (Å²) < 4.78 is 13.2. The molecule has 0 spiro atoms. The summed E-state index contributed by atoms with van der Waals surface area (Å²) in [6.07, 6.45) is 0. The molecule has 0 saturated carbocycles. The van der Waals surface area contributed by atoms with E-state index in [2.05, 4.69) is 0 Å². The molecule has 2 aromatic rings. The molecule has 0 bridgehead atoms. The number of hydrogen-bond donors (Lipinski definition) is 1. The highest BCUT2D eigenvalue weighted by molar-refractivity contribution is 5.95. The van der Waals surface area contributed by atoms with Gasteiger partial charge in [-0.2, -0.15) is 0 Å². The van der Waals surface area contributed by atoms with Crippen LogP contribution in [-0.2, 0) is 0 Å². The first-order valence-electron chi connectivity index (χ1n) is 6.23. The van der Waals surface area contributed by atoms with Gasteiger partial charge in [-0.15, -0.1) is 0 Å². The molecule has 0 atom stereocenters. The summed E-state index contributed by atoms with van der Waals surface area (Å²) >= 11 is 0. The molecule has 0 amide bonds. The molecule has 3 nitrogen and oxygen atoms in total. The number of nitrogens with zero attached hydrogens (tertiary/aromatic N) is 1. The lowest BCUT2D eigenvalue weighted by Crippen LogP contribution is -2.14. The minimum Gasteiger partial charge on any atom is -0.478 e. The Kier molecular flexibility index (Phi) is 3.74. The zero-order valence-corrected chi connectivity index (χ0v) is 11.6. The van der Waals surface area contributed by atoms with Crippen molar-refractivity contribution in [3.8, 4) is 0 Å². The SMILES string of the molecule is Cc1cc(C)cc(N(C)c2ccc(F)cc2C(=O)O)c1. The van der Waals surface area contributed by atoms with Crippen LogP contribution in [0.2, 0.25) is 0 Å². The molecule has 0 fully saturated rings. The quantitative estimate of drug-likeness (QED) is 0.921. The summed E-state index contributed by atoms with van der Waals surface area (Å²) in [6.45, 7) is 3.96. The van der Waals surface area contributed by atoms with Crippen LogP contribution in [0, 0.1) is 19.7 Å². The second kappa shape index (κ2) is 5.33. The van der Waals surface area contributed by atoms with Crippen LogP contribution >= 0.6 is 0 Å². The fourth-order valence-corrected chi connectivity index (χ4v) is 2.26. The zero-order valence-electron chi connectivity index (χ0n) is 11.6. The molecule has 0 saturated heterocycles. The highest BCUT2D eigenvalue weighted by Crippen LogP contribution is 2.29. The van der Waals surface area contributed by atoms with E-state index in [0.29, 0.717) is 5.69 Å². The van der Waals surface area contributed by atoms with E-state index in [-0.39, 0.29) is 5.56 Å². The molecule has 0 heterocycles. The minimum absolute atomic E-state index is 0.0494. The first-order chi connectivity index (χ1) is 9.38. The van der Waals surface area contributed by atoms with Crippen LogP contribution in [0.3, 0.4) is 0 Å². The van der Waals surface area contributed by atoms with Crippen LogP contribution in [0.15, 0.2) is 36.4 Å². The standard InChI is InChI=1S/C16H16FNO2/c1-10-6-11(2)8-13(7-10)18(3)15-5-4-12(17)9-14(15)16(19)20/h4-9H,1-3H3,(H,19,20). The Morgan fingerprint density at radius 1 is 1.10 bits per heavy atom. The smallest absolute Gasteiger partial charge is 0.337 e. The lowest BCUT2D eigenvalue weighted by atomic mass is 10.1. The number of hydrogen-bond acceptors (Lipinski definition) is 2. The number of benzene rings is 2. The summed E-state index contributed by atoms with van der Waals surface area (Å²) in [5.74, 6) is -1.70. The Morgan fingerprint density at radius 2 is 1.70 bits per heavy atom. The molecular formula is C16H16FNO2. The van der Waals surface area contributed by atoms with E-state index in [1.807, 2.05) is 32.0 Å². The third kappa shape index (κ3) is 2.79. The van der Waals surface area contributed by atoms with Crippen molar-refractivity contribution < 1.29 is 14.3 Å². The van der Waals surface area contributed by atoms with Crippen molar-refractivity contribution in [1.82, 2.24) is 0 Å². The van der Waals surface area contributed by atoms with Crippen LogP contribution in [0.25, 0.3) is 0 Å². The fourth-order valence-electron chi connectivity index (χ4n) is 2.26. The van der Waals surface area contributed by atoms with Gasteiger partial charge in [0.05, 0.1) is 11.3 Å². The first kappa shape index (κ1) is 14.1. The van der Waals surface area contributed by atoms with E-state index in [9.17, 15) is 14.3 Å². The van der Waals surface area contributed by atoms with Crippen molar-refractivity contribution in [3.05, 3.63) is 58.9 Å². The van der Waals surface area contributed by atoms with E-state index in [0.717, 1.165) is 22.9 Å². The lowest BCUT2D eigenvalue weighted by molar-refractivity contribution is 0.0697. The predicted octanol–water partition coefficient (Wildman–Crippen LogP) is 3.91. The topological polar surface area (TPSA) is 40.5 Å². The number of carboxylic acids is 1. The maximum absolute atomic E-state index is 13.2. The number of carboxylic acid groups (broad SMARTS) is 1. The first-order valence-corrected chi connectivity index (χ1v) is 6.23. The normalized spacial score (nSPS) is 10.4. The van der Waals surface area contributed by atoms with E-state index in [4.69, 9.17) is 0 Å². The van der Waals surface area contributed by atoms with E-state index < -0.39 is 11.8 Å². The van der Waals surface area contributed by atoms with Crippen molar-refractivity contribution >= 4 is 17.3 Å². The minimum atomic E-state index is -1.14. The van der Waals surface area contributed by atoms with Crippen LogP contribution in [0.4, 0.5) is 15.8 Å². The summed E-state index contributed by atoms with van der Waals surface area (Å²) in [5, 5.41) is 9.20. The molecule has 0 aliphatic rings. The number of aromatic carboxylic acids is 1. The monoisotopic (exact) mass is 273 g/mol. The summed E-state index contributed by atoms with van der Waals surface area (Å²) in [7, 11) is 1.77. The van der Waals surface area contributed by atoms with Crippen molar-refractivity contribution in [3.63, 3.8) is 0 Å². The Balaban J connectivity index is 2.52. The van der Waals surface area contributed by atoms with Gasteiger partial charge in [0.15, 0.2) is 0 Å². The molecule has 0 unspecified atom stereocenters. The van der Waals surface area contributed by atoms with Crippen LogP contribution in [0.1, 0.15) is 21.5 Å². The van der Waals surface area contributed by atoms with E-state index in [1.165, 1.54) is 12.1 Å². The van der Waals surface area contributed by atoms with Gasteiger partial charge in [0.1, 0.15) is 5.82 Å². The third-order valence-corrected chi connectivity index (χ3v) is 3.14. The molecule has 104 valence electrons. The Bertz CT molecular complexity index is 647. The molecular weight excluding hydrogens is 257 g/mol. The van der Waals surface area contributed by atoms with Gasteiger partial charge >= 0.3 is 5.97 Å². The zero-order chi connectivity index (χ0) is 14.9. The van der Waals surface area contributed by atoms with Gasteiger partial charge in [0.2, 0.25) is 0 Å². The van der Waals surface area contributed by atoms with Crippen molar-refractivity contribution in [2.75, 3.05) is 11.9 Å². The second-order valence-electron chi connectivity index (χ2n) is 4.87. The predicted molar refractivity (Wildman–Crippen MR) is 77.3 cm³/mol. The third-order valence-electron chi connectivity index (χ3n) is 3.14. The molecule has 4 heteroatoms. The molecule has 2 rings (SSSR count). The average Bonchev–Trinajstić information content (AvgIpc) is 2.36. The molecule has 0 aliphatic heterocycles. The second-order valence-corrected chi connectivity index (χ2v) is 4.87. The molecule has 20 heavy (non-hydrogen) atoms. The number of anilines is 2. The van der Waals surface area contributed by atoms with Crippen LogP contribution in [-0.4, -0.2) is 18.1 Å². The van der Waals surface area contributed by atoms with Gasteiger partial charge in [-0.3, -0.25) is 0 Å². The highest BCUT2D eigenvalue weighted by Gasteiger charge is 2.16. The van der Waals surface area contributed by atoms with E-state index >= 15 is 0 Å². The van der Waals surface area contributed by atoms with E-state index in [1.54, 1.807) is 11.9 Å². The van der Waals surface area contributed by atoms with Gasteiger partial charge < -0.3 is 10.0 Å². The van der Waals surface area contributed by atoms with Gasteiger partial charge in [-0.1, -0.05) is 6.07 Å². The molecule has 0 aliphatic carbocycles. The number of halogens is 1. The van der Waals surface area contributed by atoms with Crippen molar-refractivity contribution in [1.29, 1.82) is 0 Å². The maximum atomic E-state index is 13.2. The average molecular weight is 273 g/mol. The number of carbonyl (C=O) groups is 1. The molecule has 0 radical (unpaired) electrons. The lowest BCUT2D eigenvalue weighted by Gasteiger charge is -2.22. The Hall–Kier alpha value is -2.36. The largest absolute Gasteiger partial charge is 0.478 e.